The maximum absolute atomic E-state index is 13.5. The van der Waals surface area contributed by atoms with Crippen molar-refractivity contribution in [2.24, 2.45) is 0 Å². The van der Waals surface area contributed by atoms with Crippen LogP contribution in [0, 0.1) is 0 Å². The number of esters is 1. The Morgan fingerprint density at radius 2 is 0.889 bits per heavy atom. The summed E-state index contributed by atoms with van der Waals surface area (Å²) < 4.78 is 30.6. The minimum Gasteiger partial charge on any atom is -0.456 e. The number of unbranched alkanes of at least 4 members (excludes halogenated alkanes) is 27. The van der Waals surface area contributed by atoms with E-state index >= 15 is 0 Å². The lowest BCUT2D eigenvalue weighted by Crippen LogP contribution is -2.47. The van der Waals surface area contributed by atoms with Crippen LogP contribution in [0.1, 0.15) is 258 Å². The molecule has 0 bridgehead atoms. The highest BCUT2D eigenvalue weighted by atomic mass is 31.2. The average Bonchev–Trinajstić information content (AvgIpc) is 3.34. The Labute approximate surface area is 444 Å². The van der Waals surface area contributed by atoms with Crippen LogP contribution in [0.4, 0.5) is 0 Å². The Morgan fingerprint density at radius 1 is 0.500 bits per heavy atom. The zero-order chi connectivity index (χ0) is 52.9. The first kappa shape index (κ1) is 69.5. The van der Waals surface area contributed by atoms with E-state index in [4.69, 9.17) is 13.8 Å². The molecular formula is C62H114N2O7P+. The molecule has 0 fully saturated rings. The maximum Gasteiger partial charge on any atom is 0.472 e. The molecule has 72 heavy (non-hydrogen) atoms. The van der Waals surface area contributed by atoms with E-state index in [1.54, 1.807) is 0 Å². The number of hydrogen-bond acceptors (Lipinski definition) is 6. The molecule has 0 saturated heterocycles. The number of amides is 1. The van der Waals surface area contributed by atoms with Crippen LogP contribution in [-0.4, -0.2) is 74.3 Å². The van der Waals surface area contributed by atoms with Crippen molar-refractivity contribution >= 4 is 19.7 Å². The standard InChI is InChI=1S/C62H113N2O7P/c1-7-10-13-16-19-22-25-27-29-30-31-32-33-34-35-36-39-42-45-48-51-54-61(65)63-59(58-70-72(67,68)69-57-56-64(4,5)6)60(53-50-47-44-41-38-24-21-18-15-12-9-3)71-62(66)55-52-49-46-43-40-37-28-26-23-20-17-14-11-8-2/h10,13,19,22,27,29,31-32,34-35,50,53,59-60H,7-9,11-12,14-18,20-21,23-26,28,30,33,36-49,51-52,54-58H2,1-6H3,(H-,63,65,67,68)/p+1/b13-10-,22-19-,29-27-,32-31-,35-34-,53-50-. The summed E-state index contributed by atoms with van der Waals surface area (Å²) in [4.78, 5) is 37.6. The summed E-state index contributed by atoms with van der Waals surface area (Å²) in [6, 6.07) is -0.858. The molecule has 1 amide bonds. The summed E-state index contributed by atoms with van der Waals surface area (Å²) in [7, 11) is 1.48. The number of likely N-dealkylation sites (N-methyl/N-ethyl adjacent to an activating group) is 1. The van der Waals surface area contributed by atoms with Gasteiger partial charge in [-0.25, -0.2) is 4.57 Å². The van der Waals surface area contributed by atoms with Gasteiger partial charge in [0.1, 0.15) is 19.3 Å². The fraction of sp³-hybridized carbons (Fsp3) is 0.774. The van der Waals surface area contributed by atoms with E-state index in [1.165, 1.54) is 116 Å². The monoisotopic (exact) mass is 1030 g/mol. The van der Waals surface area contributed by atoms with E-state index in [9.17, 15) is 19.0 Å². The van der Waals surface area contributed by atoms with Crippen molar-refractivity contribution in [2.75, 3.05) is 40.9 Å². The summed E-state index contributed by atoms with van der Waals surface area (Å²) in [5.74, 6) is -0.525. The van der Waals surface area contributed by atoms with Crippen LogP contribution in [-0.2, 0) is 27.9 Å². The molecular weight excluding hydrogens is 916 g/mol. The third-order valence-electron chi connectivity index (χ3n) is 12.9. The molecule has 0 radical (unpaired) electrons. The second-order valence-electron chi connectivity index (χ2n) is 21.1. The second kappa shape index (κ2) is 51.9. The molecule has 0 rings (SSSR count). The van der Waals surface area contributed by atoms with Gasteiger partial charge in [-0.05, 0) is 76.7 Å². The number of carbonyl (C=O) groups excluding carboxylic acids is 2. The summed E-state index contributed by atoms with van der Waals surface area (Å²) >= 11 is 0. The Hall–Kier alpha value is -2.55. The number of phosphoric ester groups is 1. The van der Waals surface area contributed by atoms with Gasteiger partial charge in [0.15, 0.2) is 0 Å². The smallest absolute Gasteiger partial charge is 0.456 e. The quantitative estimate of drug-likeness (QED) is 0.0205. The predicted octanol–water partition coefficient (Wildman–Crippen LogP) is 18.1. The van der Waals surface area contributed by atoms with Crippen LogP contribution in [0.5, 0.6) is 0 Å². The number of allylic oxidation sites excluding steroid dienone is 11. The Balaban J connectivity index is 5.28. The molecule has 0 aromatic carbocycles. The van der Waals surface area contributed by atoms with Gasteiger partial charge in [0, 0.05) is 12.8 Å². The SMILES string of the molecule is CC/C=C\C/C=C\C/C=C\C/C=C\C/C=C\CCCCCCCC(=O)NC(COP(=O)(O)OCC[N+](C)(C)C)C(/C=C\CCCCCCCCCCC)OC(=O)CCCCCCCCCCCCCCCC. The molecule has 2 N–H and O–H groups in total. The second-order valence-corrected chi connectivity index (χ2v) is 22.6. The number of hydrogen-bond donors (Lipinski definition) is 2. The molecule has 0 aliphatic heterocycles. The number of ether oxygens (including phenoxy) is 1. The number of phosphoric acid groups is 1. The molecule has 3 unspecified atom stereocenters. The van der Waals surface area contributed by atoms with E-state index < -0.39 is 20.0 Å². The first-order valence-corrected chi connectivity index (χ1v) is 31.3. The first-order chi connectivity index (χ1) is 34.9. The third-order valence-corrected chi connectivity index (χ3v) is 13.9. The molecule has 0 aromatic heterocycles. The highest BCUT2D eigenvalue weighted by Gasteiger charge is 2.30. The molecule has 0 aliphatic carbocycles. The van der Waals surface area contributed by atoms with Crippen molar-refractivity contribution in [2.45, 2.75) is 270 Å². The van der Waals surface area contributed by atoms with E-state index in [0.29, 0.717) is 17.4 Å². The molecule has 9 nitrogen and oxygen atoms in total. The largest absolute Gasteiger partial charge is 0.472 e. The lowest BCUT2D eigenvalue weighted by atomic mass is 10.0. The van der Waals surface area contributed by atoms with Gasteiger partial charge < -0.3 is 19.4 Å². The fourth-order valence-corrected chi connectivity index (χ4v) is 9.06. The van der Waals surface area contributed by atoms with Gasteiger partial charge >= 0.3 is 13.8 Å². The summed E-state index contributed by atoms with van der Waals surface area (Å²) in [6.07, 6.45) is 66.1. The minimum atomic E-state index is -4.45. The van der Waals surface area contributed by atoms with Crippen molar-refractivity contribution in [3.8, 4) is 0 Å². The number of nitrogens with zero attached hydrogens (tertiary/aromatic N) is 1. The summed E-state index contributed by atoms with van der Waals surface area (Å²) in [6.45, 7) is 6.88. The normalized spacial score (nSPS) is 14.3. The van der Waals surface area contributed by atoms with Crippen LogP contribution in [0.25, 0.3) is 0 Å². The van der Waals surface area contributed by atoms with E-state index in [2.05, 4.69) is 86.8 Å². The van der Waals surface area contributed by atoms with E-state index in [1.807, 2.05) is 33.3 Å². The summed E-state index contributed by atoms with van der Waals surface area (Å²) in [5.41, 5.74) is 0. The number of rotatable bonds is 53. The fourth-order valence-electron chi connectivity index (χ4n) is 8.32. The van der Waals surface area contributed by atoms with Crippen LogP contribution in [0.15, 0.2) is 72.9 Å². The van der Waals surface area contributed by atoms with Crippen LogP contribution < -0.4 is 5.32 Å². The van der Waals surface area contributed by atoms with Crippen molar-refractivity contribution < 1.29 is 37.3 Å². The molecule has 0 aromatic rings. The number of nitrogens with one attached hydrogen (secondary N) is 1. The van der Waals surface area contributed by atoms with Gasteiger partial charge in [-0.1, -0.05) is 242 Å². The lowest BCUT2D eigenvalue weighted by Gasteiger charge is -2.27. The molecule has 0 saturated carbocycles. The van der Waals surface area contributed by atoms with Crippen LogP contribution in [0.2, 0.25) is 0 Å². The van der Waals surface area contributed by atoms with Crippen molar-refractivity contribution in [1.29, 1.82) is 0 Å². The van der Waals surface area contributed by atoms with Crippen LogP contribution >= 0.6 is 7.82 Å². The zero-order valence-corrected chi connectivity index (χ0v) is 48.6. The third kappa shape index (κ3) is 52.3. The number of quaternary nitrogens is 1. The van der Waals surface area contributed by atoms with Crippen molar-refractivity contribution in [1.82, 2.24) is 5.32 Å². The highest BCUT2D eigenvalue weighted by molar-refractivity contribution is 7.47. The first-order valence-electron chi connectivity index (χ1n) is 29.8. The number of carbonyl (C=O) groups is 2. The molecule has 418 valence electrons. The van der Waals surface area contributed by atoms with Crippen LogP contribution in [0.3, 0.4) is 0 Å². The van der Waals surface area contributed by atoms with Crippen molar-refractivity contribution in [3.63, 3.8) is 0 Å². The van der Waals surface area contributed by atoms with Gasteiger partial charge in [0.2, 0.25) is 5.91 Å². The average molecular weight is 1030 g/mol. The Bertz CT molecular complexity index is 1460. The molecule has 3 atom stereocenters. The lowest BCUT2D eigenvalue weighted by molar-refractivity contribution is -0.870. The van der Waals surface area contributed by atoms with Crippen molar-refractivity contribution in [3.05, 3.63) is 72.9 Å². The Morgan fingerprint density at radius 3 is 1.33 bits per heavy atom. The van der Waals surface area contributed by atoms with Gasteiger partial charge in [0.05, 0.1) is 33.8 Å². The van der Waals surface area contributed by atoms with Gasteiger partial charge in [0.25, 0.3) is 0 Å². The molecule has 0 aliphatic rings. The van der Waals surface area contributed by atoms with E-state index in [-0.39, 0.29) is 31.5 Å². The van der Waals surface area contributed by atoms with E-state index in [0.717, 1.165) is 109 Å². The maximum atomic E-state index is 13.5. The Kier molecular flexibility index (Phi) is 50.1. The summed E-state index contributed by atoms with van der Waals surface area (Å²) in [5, 5.41) is 3.04. The topological polar surface area (TPSA) is 111 Å². The highest BCUT2D eigenvalue weighted by Crippen LogP contribution is 2.43. The van der Waals surface area contributed by atoms with Gasteiger partial charge in [-0.2, -0.15) is 0 Å². The molecule has 10 heteroatoms. The molecule has 0 spiro atoms. The molecule has 0 heterocycles. The minimum absolute atomic E-state index is 0.0346. The predicted molar refractivity (Wildman–Crippen MR) is 309 cm³/mol. The van der Waals surface area contributed by atoms with Gasteiger partial charge in [-0.3, -0.25) is 18.6 Å². The van der Waals surface area contributed by atoms with Gasteiger partial charge in [-0.15, -0.1) is 0 Å². The zero-order valence-electron chi connectivity index (χ0n) is 47.7.